The van der Waals surface area contributed by atoms with Gasteiger partial charge in [0, 0.05) is 49.8 Å². The summed E-state index contributed by atoms with van der Waals surface area (Å²) in [5, 5.41) is 0.697. The quantitative estimate of drug-likeness (QED) is 0.549. The van der Waals surface area contributed by atoms with E-state index in [0.717, 1.165) is 38.3 Å². The molecular formula is C31H47ClN4O. The van der Waals surface area contributed by atoms with Gasteiger partial charge < -0.3 is 15.5 Å². The first kappa shape index (κ1) is 31.0. The predicted octanol–water partition coefficient (Wildman–Crippen LogP) is 5.33. The number of carbonyl (C=O) groups is 1. The highest BCUT2D eigenvalue weighted by Gasteiger charge is 2.25. The van der Waals surface area contributed by atoms with Crippen molar-refractivity contribution in [2.24, 2.45) is 5.73 Å². The number of carbonyl (C=O) groups excluding carboxylic acids is 1. The van der Waals surface area contributed by atoms with E-state index in [1.54, 1.807) is 0 Å². The van der Waals surface area contributed by atoms with Crippen LogP contribution in [-0.4, -0.2) is 78.5 Å². The Kier molecular flexibility index (Phi) is 12.3. The van der Waals surface area contributed by atoms with Crippen LogP contribution in [-0.2, 0) is 11.2 Å². The standard InChI is InChI=1S/C14H20ClN3O.C9H17N.C8H10/c1-17-6-8-18(9-7-17)14(19)13(16)10-11-2-4-12(15)5-3-11;1-8-5-6-10(7-8)9(2,3)4;1-7-4-3-5-8(2)6-7/h2-5,13H,6-10,16H2,1H3;1,5-7H2,2-4H3;3-6H,1-2H3. The Morgan fingerprint density at radius 3 is 1.97 bits per heavy atom. The van der Waals surface area contributed by atoms with Crippen LogP contribution in [0.4, 0.5) is 0 Å². The average Bonchev–Trinajstić information content (AvgIpc) is 3.28. The van der Waals surface area contributed by atoms with Gasteiger partial charge in [0.05, 0.1) is 6.04 Å². The van der Waals surface area contributed by atoms with Gasteiger partial charge in [-0.1, -0.05) is 71.3 Å². The number of halogens is 1. The topological polar surface area (TPSA) is 52.8 Å². The Balaban J connectivity index is 0.000000223. The number of benzene rings is 2. The molecule has 2 aromatic carbocycles. The van der Waals surface area contributed by atoms with Crippen molar-refractivity contribution < 1.29 is 4.79 Å². The summed E-state index contributed by atoms with van der Waals surface area (Å²) in [6, 6.07) is 15.5. The molecule has 6 heteroatoms. The third kappa shape index (κ3) is 11.4. The second-order valence-electron chi connectivity index (χ2n) is 11.3. The van der Waals surface area contributed by atoms with Crippen molar-refractivity contribution in [1.82, 2.24) is 14.7 Å². The molecule has 2 aliphatic rings. The minimum absolute atomic E-state index is 0.0445. The molecule has 5 nitrogen and oxygen atoms in total. The number of likely N-dealkylation sites (N-methyl/N-ethyl adjacent to an activating group) is 1. The maximum absolute atomic E-state index is 12.2. The van der Waals surface area contributed by atoms with Crippen LogP contribution in [0, 0.1) is 13.8 Å². The van der Waals surface area contributed by atoms with Gasteiger partial charge in [0.1, 0.15) is 0 Å². The van der Waals surface area contributed by atoms with E-state index in [2.05, 4.69) is 82.3 Å². The molecule has 2 fully saturated rings. The number of likely N-dealkylation sites (tertiary alicyclic amines) is 1. The third-order valence-corrected chi connectivity index (χ3v) is 7.02. The molecule has 1 atom stereocenters. The molecule has 2 saturated heterocycles. The summed E-state index contributed by atoms with van der Waals surface area (Å²) in [7, 11) is 2.06. The van der Waals surface area contributed by atoms with Crippen LogP contribution < -0.4 is 5.73 Å². The van der Waals surface area contributed by atoms with Gasteiger partial charge in [-0.25, -0.2) is 0 Å². The predicted molar refractivity (Wildman–Crippen MR) is 158 cm³/mol. The lowest BCUT2D eigenvalue weighted by Crippen LogP contribution is -2.52. The van der Waals surface area contributed by atoms with E-state index in [1.807, 2.05) is 29.2 Å². The lowest BCUT2D eigenvalue weighted by molar-refractivity contribution is -0.134. The minimum atomic E-state index is -0.468. The van der Waals surface area contributed by atoms with Crippen molar-refractivity contribution >= 4 is 17.5 Å². The van der Waals surface area contributed by atoms with Crippen LogP contribution in [0.3, 0.4) is 0 Å². The molecule has 1 unspecified atom stereocenters. The first-order valence-electron chi connectivity index (χ1n) is 13.3. The van der Waals surface area contributed by atoms with Crippen molar-refractivity contribution in [3.05, 3.63) is 82.4 Å². The summed E-state index contributed by atoms with van der Waals surface area (Å²) in [4.78, 5) is 18.8. The molecule has 4 rings (SSSR count). The molecule has 2 N–H and O–H groups in total. The SMILES string of the molecule is C=C1CCN(C(C)(C)C)C1.CN1CCN(C(=O)C(N)Cc2ccc(Cl)cc2)CC1.Cc1cccc(C)c1. The summed E-state index contributed by atoms with van der Waals surface area (Å²) in [6.07, 6.45) is 1.75. The normalized spacial score (nSPS) is 17.4. The Morgan fingerprint density at radius 2 is 1.57 bits per heavy atom. The second kappa shape index (κ2) is 14.7. The number of rotatable bonds is 3. The molecule has 0 bridgehead atoms. The zero-order chi connectivity index (χ0) is 27.6. The molecule has 204 valence electrons. The fourth-order valence-electron chi connectivity index (χ4n) is 4.32. The molecule has 2 aromatic rings. The molecule has 2 heterocycles. The minimum Gasteiger partial charge on any atom is -0.339 e. The summed E-state index contributed by atoms with van der Waals surface area (Å²) in [6.45, 7) is 20.6. The Hall–Kier alpha value is -2.18. The third-order valence-electron chi connectivity index (χ3n) is 6.77. The van der Waals surface area contributed by atoms with Crippen molar-refractivity contribution in [3.63, 3.8) is 0 Å². The van der Waals surface area contributed by atoms with Gasteiger partial charge >= 0.3 is 0 Å². The molecule has 0 radical (unpaired) electrons. The average molecular weight is 527 g/mol. The van der Waals surface area contributed by atoms with E-state index in [-0.39, 0.29) is 5.91 Å². The lowest BCUT2D eigenvalue weighted by Gasteiger charge is -2.33. The molecule has 37 heavy (non-hydrogen) atoms. The number of aryl methyl sites for hydroxylation is 2. The van der Waals surface area contributed by atoms with Gasteiger partial charge in [-0.3, -0.25) is 9.69 Å². The monoisotopic (exact) mass is 526 g/mol. The van der Waals surface area contributed by atoms with Crippen molar-refractivity contribution in [2.45, 2.75) is 59.0 Å². The molecule has 0 spiro atoms. The Labute approximate surface area is 230 Å². The van der Waals surface area contributed by atoms with Crippen LogP contribution in [0.1, 0.15) is 43.9 Å². The van der Waals surface area contributed by atoms with E-state index in [4.69, 9.17) is 17.3 Å². The van der Waals surface area contributed by atoms with E-state index < -0.39 is 6.04 Å². The first-order chi connectivity index (χ1) is 17.3. The molecule has 1 amide bonds. The van der Waals surface area contributed by atoms with Crippen LogP contribution in [0.15, 0.2) is 60.7 Å². The van der Waals surface area contributed by atoms with Crippen LogP contribution in [0.2, 0.25) is 5.02 Å². The maximum Gasteiger partial charge on any atom is 0.239 e. The number of nitrogens with two attached hydrogens (primary N) is 1. The second-order valence-corrected chi connectivity index (χ2v) is 11.8. The highest BCUT2D eigenvalue weighted by molar-refractivity contribution is 6.30. The highest BCUT2D eigenvalue weighted by atomic mass is 35.5. The van der Waals surface area contributed by atoms with Crippen LogP contribution >= 0.6 is 11.6 Å². The van der Waals surface area contributed by atoms with E-state index in [1.165, 1.54) is 29.7 Å². The fourth-order valence-corrected chi connectivity index (χ4v) is 4.45. The number of hydrogen-bond acceptors (Lipinski definition) is 4. The highest BCUT2D eigenvalue weighted by Crippen LogP contribution is 2.22. The fraction of sp³-hybridized carbons (Fsp3) is 0.516. The van der Waals surface area contributed by atoms with E-state index in [0.29, 0.717) is 17.0 Å². The Morgan fingerprint density at radius 1 is 1.00 bits per heavy atom. The smallest absolute Gasteiger partial charge is 0.239 e. The van der Waals surface area contributed by atoms with Crippen LogP contribution in [0.25, 0.3) is 0 Å². The number of piperazine rings is 1. The Bertz CT molecular complexity index is 974. The summed E-state index contributed by atoms with van der Waals surface area (Å²) in [5.74, 6) is 0.0445. The number of nitrogens with zero attached hydrogens (tertiary/aromatic N) is 3. The van der Waals surface area contributed by atoms with E-state index in [9.17, 15) is 4.79 Å². The first-order valence-corrected chi connectivity index (χ1v) is 13.7. The largest absolute Gasteiger partial charge is 0.339 e. The van der Waals surface area contributed by atoms with Gasteiger partial charge in [0.25, 0.3) is 0 Å². The zero-order valence-corrected chi connectivity index (χ0v) is 24.5. The van der Waals surface area contributed by atoms with Gasteiger partial charge in [-0.2, -0.15) is 0 Å². The maximum atomic E-state index is 12.2. The summed E-state index contributed by atoms with van der Waals surface area (Å²) in [5.41, 5.74) is 11.4. The van der Waals surface area contributed by atoms with Crippen molar-refractivity contribution in [3.8, 4) is 0 Å². The molecular weight excluding hydrogens is 480 g/mol. The number of amides is 1. The van der Waals surface area contributed by atoms with Gasteiger partial charge in [0.15, 0.2) is 0 Å². The van der Waals surface area contributed by atoms with Crippen molar-refractivity contribution in [2.75, 3.05) is 46.3 Å². The van der Waals surface area contributed by atoms with Crippen molar-refractivity contribution in [1.29, 1.82) is 0 Å². The summed E-state index contributed by atoms with van der Waals surface area (Å²) >= 11 is 5.84. The van der Waals surface area contributed by atoms with Gasteiger partial charge in [-0.05, 0) is 72.2 Å². The molecule has 0 saturated carbocycles. The molecule has 0 aromatic heterocycles. The van der Waals surface area contributed by atoms with Gasteiger partial charge in [-0.15, -0.1) is 0 Å². The van der Waals surface area contributed by atoms with E-state index >= 15 is 0 Å². The summed E-state index contributed by atoms with van der Waals surface area (Å²) < 4.78 is 0. The van der Waals surface area contributed by atoms with Crippen LogP contribution in [0.5, 0.6) is 0 Å². The lowest BCUT2D eigenvalue weighted by atomic mass is 10.1. The zero-order valence-electron chi connectivity index (χ0n) is 23.8. The van der Waals surface area contributed by atoms with Gasteiger partial charge in [0.2, 0.25) is 5.91 Å². The molecule has 2 aliphatic heterocycles. The number of hydrogen-bond donors (Lipinski definition) is 1. The molecule has 0 aliphatic carbocycles.